The third kappa shape index (κ3) is 2.90. The van der Waals surface area contributed by atoms with E-state index in [1.807, 2.05) is 11.3 Å². The fraction of sp³-hybridized carbons (Fsp3) is 0.714. The van der Waals surface area contributed by atoms with Gasteiger partial charge in [0.1, 0.15) is 0 Å². The van der Waals surface area contributed by atoms with Crippen molar-refractivity contribution in [2.75, 3.05) is 13.7 Å². The van der Waals surface area contributed by atoms with Crippen molar-refractivity contribution in [1.29, 1.82) is 0 Å². The van der Waals surface area contributed by atoms with Crippen molar-refractivity contribution in [2.45, 2.75) is 50.7 Å². The largest absolute Gasteiger partial charge is 0.374 e. The molecule has 0 bridgehead atoms. The summed E-state index contributed by atoms with van der Waals surface area (Å²) in [5.41, 5.74) is 0.0769. The Hall–Kier alpha value is -0.380. The summed E-state index contributed by atoms with van der Waals surface area (Å²) < 4.78 is 6.13. The number of ether oxygens (including phenoxy) is 1. The average Bonchev–Trinajstić information content (AvgIpc) is 2.97. The molecular formula is C14H23NOS. The molecule has 1 aliphatic rings. The molecule has 1 N–H and O–H groups in total. The molecular weight excluding hydrogens is 230 g/mol. The maximum atomic E-state index is 6.13. The summed E-state index contributed by atoms with van der Waals surface area (Å²) >= 11 is 1.85. The Kier molecular flexibility index (Phi) is 4.60. The third-order valence-corrected chi connectivity index (χ3v) is 4.75. The molecule has 0 aromatic carbocycles. The predicted molar refractivity (Wildman–Crippen MR) is 73.7 cm³/mol. The molecule has 0 spiro atoms. The number of thiophene rings is 1. The fourth-order valence-electron chi connectivity index (χ4n) is 3.04. The van der Waals surface area contributed by atoms with Crippen molar-refractivity contribution in [3.63, 3.8) is 0 Å². The molecule has 1 aromatic heterocycles. The molecule has 0 saturated heterocycles. The van der Waals surface area contributed by atoms with Gasteiger partial charge < -0.3 is 10.1 Å². The molecule has 2 nitrogen and oxygen atoms in total. The second-order valence-corrected chi connectivity index (χ2v) is 5.86. The first kappa shape index (κ1) is 13.1. The van der Waals surface area contributed by atoms with Crippen LogP contribution < -0.4 is 5.32 Å². The van der Waals surface area contributed by atoms with Crippen LogP contribution in [0.15, 0.2) is 17.5 Å². The quantitative estimate of drug-likeness (QED) is 0.840. The minimum atomic E-state index is 0.0769. The number of hydrogen-bond donors (Lipinski definition) is 1. The summed E-state index contributed by atoms with van der Waals surface area (Å²) in [4.78, 5) is 1.45. The molecule has 0 radical (unpaired) electrons. The zero-order valence-electron chi connectivity index (χ0n) is 10.9. The first-order chi connectivity index (χ1) is 8.30. The second-order valence-electron chi connectivity index (χ2n) is 4.83. The van der Waals surface area contributed by atoms with Gasteiger partial charge in [0.15, 0.2) is 0 Å². The minimum absolute atomic E-state index is 0.0769. The van der Waals surface area contributed by atoms with Crippen molar-refractivity contribution in [3.05, 3.63) is 22.4 Å². The second kappa shape index (κ2) is 5.98. The van der Waals surface area contributed by atoms with E-state index in [9.17, 15) is 0 Å². The minimum Gasteiger partial charge on any atom is -0.374 e. The molecule has 1 aromatic rings. The average molecular weight is 253 g/mol. The highest BCUT2D eigenvalue weighted by Crippen LogP contribution is 2.37. The van der Waals surface area contributed by atoms with Crippen LogP contribution in [0, 0.1) is 0 Å². The molecule has 0 amide bonds. The Morgan fingerprint density at radius 1 is 1.47 bits per heavy atom. The summed E-state index contributed by atoms with van der Waals surface area (Å²) in [6.07, 6.45) is 6.12. The summed E-state index contributed by atoms with van der Waals surface area (Å²) in [6.45, 7) is 2.93. The van der Waals surface area contributed by atoms with Crippen LogP contribution in [0.25, 0.3) is 0 Å². The van der Waals surface area contributed by atoms with Crippen LogP contribution in [0.1, 0.15) is 37.5 Å². The van der Waals surface area contributed by atoms with E-state index in [2.05, 4.69) is 36.8 Å². The monoisotopic (exact) mass is 253 g/mol. The first-order valence-corrected chi connectivity index (χ1v) is 7.52. The van der Waals surface area contributed by atoms with Gasteiger partial charge in [-0.1, -0.05) is 18.9 Å². The Bertz CT molecular complexity index is 317. The molecule has 0 aliphatic heterocycles. The topological polar surface area (TPSA) is 21.3 Å². The molecule has 2 rings (SSSR count). The lowest BCUT2D eigenvalue weighted by Crippen LogP contribution is -2.51. The van der Waals surface area contributed by atoms with Gasteiger partial charge in [-0.05, 0) is 44.7 Å². The Morgan fingerprint density at radius 2 is 2.24 bits per heavy atom. The van der Waals surface area contributed by atoms with Crippen LogP contribution in [-0.4, -0.2) is 25.3 Å². The molecule has 1 fully saturated rings. The highest BCUT2D eigenvalue weighted by molar-refractivity contribution is 7.09. The number of nitrogens with one attached hydrogen (secondary N) is 1. The van der Waals surface area contributed by atoms with Crippen LogP contribution in [0.2, 0.25) is 0 Å². The van der Waals surface area contributed by atoms with E-state index in [0.29, 0.717) is 6.04 Å². The van der Waals surface area contributed by atoms with Gasteiger partial charge in [0.05, 0.1) is 5.60 Å². The molecule has 17 heavy (non-hydrogen) atoms. The zero-order valence-corrected chi connectivity index (χ0v) is 11.7. The standard InChI is InChI=1S/C14H23NOS/c1-3-16-14(8-4-5-9-14)13(15-2)11-12-7-6-10-17-12/h6-7,10,13,15H,3-5,8-9,11H2,1-2H3. The van der Waals surface area contributed by atoms with E-state index in [4.69, 9.17) is 4.74 Å². The lowest BCUT2D eigenvalue weighted by molar-refractivity contribution is -0.0595. The molecule has 1 aliphatic carbocycles. The molecule has 1 heterocycles. The van der Waals surface area contributed by atoms with Gasteiger partial charge in [-0.25, -0.2) is 0 Å². The smallest absolute Gasteiger partial charge is 0.0838 e. The molecule has 1 saturated carbocycles. The highest BCUT2D eigenvalue weighted by atomic mass is 32.1. The summed E-state index contributed by atoms with van der Waals surface area (Å²) in [5.74, 6) is 0. The maximum absolute atomic E-state index is 6.13. The number of likely N-dealkylation sites (N-methyl/N-ethyl adjacent to an activating group) is 1. The van der Waals surface area contributed by atoms with Gasteiger partial charge in [0.25, 0.3) is 0 Å². The van der Waals surface area contributed by atoms with E-state index >= 15 is 0 Å². The van der Waals surface area contributed by atoms with E-state index in [0.717, 1.165) is 13.0 Å². The van der Waals surface area contributed by atoms with Gasteiger partial charge in [0.2, 0.25) is 0 Å². The van der Waals surface area contributed by atoms with Crippen molar-refractivity contribution < 1.29 is 4.74 Å². The van der Waals surface area contributed by atoms with Gasteiger partial charge >= 0.3 is 0 Å². The van der Waals surface area contributed by atoms with E-state index in [1.54, 1.807) is 0 Å². The number of rotatable bonds is 6. The molecule has 1 atom stereocenters. The molecule has 1 unspecified atom stereocenters. The van der Waals surface area contributed by atoms with Gasteiger partial charge in [-0.3, -0.25) is 0 Å². The zero-order chi connectivity index (χ0) is 12.1. The van der Waals surface area contributed by atoms with E-state index in [-0.39, 0.29) is 5.60 Å². The normalized spacial score (nSPS) is 20.6. The van der Waals surface area contributed by atoms with Gasteiger partial charge in [0, 0.05) is 17.5 Å². The van der Waals surface area contributed by atoms with E-state index < -0.39 is 0 Å². The van der Waals surface area contributed by atoms with Crippen LogP contribution >= 0.6 is 11.3 Å². The summed E-state index contributed by atoms with van der Waals surface area (Å²) in [5, 5.41) is 5.65. The van der Waals surface area contributed by atoms with Crippen LogP contribution in [0.3, 0.4) is 0 Å². The summed E-state index contributed by atoms with van der Waals surface area (Å²) in [6, 6.07) is 4.81. The van der Waals surface area contributed by atoms with Crippen LogP contribution in [0.5, 0.6) is 0 Å². The molecule has 96 valence electrons. The van der Waals surface area contributed by atoms with Crippen molar-refractivity contribution >= 4 is 11.3 Å². The SMILES string of the molecule is CCOC1(C(Cc2cccs2)NC)CCCC1. The van der Waals surface area contributed by atoms with Crippen molar-refractivity contribution in [3.8, 4) is 0 Å². The highest BCUT2D eigenvalue weighted by Gasteiger charge is 2.41. The first-order valence-electron chi connectivity index (χ1n) is 6.64. The van der Waals surface area contributed by atoms with Crippen molar-refractivity contribution in [2.24, 2.45) is 0 Å². The van der Waals surface area contributed by atoms with Crippen LogP contribution in [0.4, 0.5) is 0 Å². The maximum Gasteiger partial charge on any atom is 0.0838 e. The Labute approximate surface area is 108 Å². The summed E-state index contributed by atoms with van der Waals surface area (Å²) in [7, 11) is 2.07. The number of hydrogen-bond acceptors (Lipinski definition) is 3. The predicted octanol–water partition coefficient (Wildman–Crippen LogP) is 3.23. The van der Waals surface area contributed by atoms with Gasteiger partial charge in [-0.15, -0.1) is 11.3 Å². The lowest BCUT2D eigenvalue weighted by Gasteiger charge is -2.37. The fourth-order valence-corrected chi connectivity index (χ4v) is 3.79. The van der Waals surface area contributed by atoms with Crippen molar-refractivity contribution in [1.82, 2.24) is 5.32 Å². The Morgan fingerprint density at radius 3 is 2.76 bits per heavy atom. The molecule has 3 heteroatoms. The third-order valence-electron chi connectivity index (χ3n) is 3.85. The van der Waals surface area contributed by atoms with Crippen LogP contribution in [-0.2, 0) is 11.2 Å². The van der Waals surface area contributed by atoms with E-state index in [1.165, 1.54) is 30.6 Å². The Balaban J connectivity index is 2.09. The lowest BCUT2D eigenvalue weighted by atomic mass is 9.89. The van der Waals surface area contributed by atoms with Gasteiger partial charge in [-0.2, -0.15) is 0 Å².